The molecule has 168 valence electrons. The first kappa shape index (κ1) is 23.0. The second kappa shape index (κ2) is 9.63. The van der Waals surface area contributed by atoms with Gasteiger partial charge in [0, 0.05) is 24.5 Å². The number of alkyl halides is 3. The number of anilines is 2. The van der Waals surface area contributed by atoms with Crippen LogP contribution >= 0.6 is 0 Å². The number of nitrogens with zero attached hydrogens (tertiary/aromatic N) is 3. The Morgan fingerprint density at radius 1 is 1.09 bits per heavy atom. The maximum atomic E-state index is 13.4. The quantitative estimate of drug-likeness (QED) is 0.483. The molecule has 1 atom stereocenters. The topological polar surface area (TPSA) is 106 Å². The van der Waals surface area contributed by atoms with Gasteiger partial charge in [0.05, 0.1) is 5.69 Å². The number of carbonyl (C=O) groups excluding carboxylic acids is 1. The van der Waals surface area contributed by atoms with Gasteiger partial charge in [-0.15, -0.1) is 0 Å². The molecule has 10 heteroatoms. The molecule has 0 fully saturated rings. The monoisotopic (exact) mass is 444 g/mol. The Morgan fingerprint density at radius 2 is 1.81 bits per heavy atom. The van der Waals surface area contributed by atoms with Gasteiger partial charge in [0.1, 0.15) is 17.4 Å². The lowest BCUT2D eigenvalue weighted by Gasteiger charge is -2.22. The molecule has 4 N–H and O–H groups in total. The number of primary amides is 1. The van der Waals surface area contributed by atoms with Crippen molar-refractivity contribution in [2.75, 3.05) is 10.6 Å². The van der Waals surface area contributed by atoms with Crippen LogP contribution in [-0.2, 0) is 17.5 Å². The molecule has 0 aliphatic rings. The number of amides is 1. The summed E-state index contributed by atoms with van der Waals surface area (Å²) in [4.78, 5) is 23.7. The second-order valence-corrected chi connectivity index (χ2v) is 7.49. The van der Waals surface area contributed by atoms with E-state index in [1.807, 2.05) is 42.5 Å². The lowest BCUT2D eigenvalue weighted by molar-refractivity contribution is -0.137. The molecule has 2 aromatic heterocycles. The minimum atomic E-state index is -4.69. The number of hydrogen-bond acceptors (Lipinski definition) is 6. The largest absolute Gasteiger partial charge is 0.421 e. The van der Waals surface area contributed by atoms with E-state index in [0.717, 1.165) is 16.8 Å². The van der Waals surface area contributed by atoms with Crippen LogP contribution < -0.4 is 16.4 Å². The van der Waals surface area contributed by atoms with Crippen molar-refractivity contribution >= 4 is 17.7 Å². The van der Waals surface area contributed by atoms with Crippen LogP contribution in [0.25, 0.3) is 11.3 Å². The number of rotatable bonds is 8. The highest BCUT2D eigenvalue weighted by Gasteiger charge is 2.36. The van der Waals surface area contributed by atoms with Crippen molar-refractivity contribution in [1.29, 1.82) is 0 Å². The summed E-state index contributed by atoms with van der Waals surface area (Å²) in [6, 6.07) is 12.2. The van der Waals surface area contributed by atoms with Gasteiger partial charge in [0.25, 0.3) is 0 Å². The van der Waals surface area contributed by atoms with Crippen LogP contribution in [0.15, 0.2) is 54.9 Å². The summed E-state index contributed by atoms with van der Waals surface area (Å²) in [5.74, 6) is -1.62. The highest BCUT2D eigenvalue weighted by atomic mass is 19.4. The molecule has 2 heterocycles. The van der Waals surface area contributed by atoms with Crippen LogP contribution in [0.3, 0.4) is 0 Å². The molecular weight excluding hydrogens is 421 g/mol. The van der Waals surface area contributed by atoms with Crippen LogP contribution in [0.5, 0.6) is 0 Å². The fourth-order valence-electron chi connectivity index (χ4n) is 3.01. The average molecular weight is 444 g/mol. The molecule has 0 aliphatic carbocycles. The van der Waals surface area contributed by atoms with E-state index in [9.17, 15) is 18.0 Å². The van der Waals surface area contributed by atoms with Gasteiger partial charge in [-0.05, 0) is 23.6 Å². The predicted octanol–water partition coefficient (Wildman–Crippen LogP) is 4.09. The number of hydrogen-bond donors (Lipinski definition) is 3. The number of carbonyl (C=O) groups is 1. The second-order valence-electron chi connectivity index (χ2n) is 7.49. The molecule has 3 rings (SSSR count). The Morgan fingerprint density at radius 3 is 2.38 bits per heavy atom. The number of aromatic nitrogens is 3. The Hall–Kier alpha value is -3.69. The van der Waals surface area contributed by atoms with E-state index in [0.29, 0.717) is 6.20 Å². The normalized spacial score (nSPS) is 12.4. The summed E-state index contributed by atoms with van der Waals surface area (Å²) >= 11 is 0. The fraction of sp³-hybridized carbons (Fsp3) is 0.273. The van der Waals surface area contributed by atoms with Gasteiger partial charge < -0.3 is 16.4 Å². The molecule has 1 amide bonds. The molecule has 0 aliphatic heterocycles. The third-order valence-corrected chi connectivity index (χ3v) is 4.72. The third-order valence-electron chi connectivity index (χ3n) is 4.72. The Bertz CT molecular complexity index is 1060. The van der Waals surface area contributed by atoms with Crippen molar-refractivity contribution in [2.45, 2.75) is 32.6 Å². The number of pyridine rings is 1. The number of nitrogens with two attached hydrogens (primary N) is 1. The van der Waals surface area contributed by atoms with Crippen LogP contribution in [-0.4, -0.2) is 26.9 Å². The molecule has 3 aromatic rings. The smallest absolute Gasteiger partial charge is 0.368 e. The zero-order valence-corrected chi connectivity index (χ0v) is 17.5. The molecule has 1 aromatic carbocycles. The van der Waals surface area contributed by atoms with Crippen molar-refractivity contribution in [3.63, 3.8) is 0 Å². The minimum absolute atomic E-state index is 0.0127. The summed E-state index contributed by atoms with van der Waals surface area (Å²) in [7, 11) is 0. The van der Waals surface area contributed by atoms with E-state index in [1.54, 1.807) is 20.0 Å². The molecule has 7 nitrogen and oxygen atoms in total. The number of nitrogens with one attached hydrogen (secondary N) is 2. The lowest BCUT2D eigenvalue weighted by atomic mass is 10.0. The van der Waals surface area contributed by atoms with Gasteiger partial charge in [0.2, 0.25) is 11.9 Å². The molecule has 0 unspecified atom stereocenters. The Labute approximate surface area is 183 Å². The van der Waals surface area contributed by atoms with Crippen molar-refractivity contribution in [2.24, 2.45) is 11.7 Å². The van der Waals surface area contributed by atoms with Gasteiger partial charge in [-0.1, -0.05) is 44.2 Å². The standard InChI is InChI=1S/C22H23F3N6O/c1-13(2)18(19(26)32)30-20-16(22(23,24)25)12-29-21(31-20)28-11-14-6-8-15(9-7-14)17-5-3-4-10-27-17/h3-10,12-13,18H,11H2,1-2H3,(H2,26,32)(H2,28,29,30,31)/t18-/m1/s1. The zero-order valence-electron chi connectivity index (χ0n) is 17.5. The third kappa shape index (κ3) is 5.71. The van der Waals surface area contributed by atoms with Gasteiger partial charge in [0.15, 0.2) is 0 Å². The molecule has 0 radical (unpaired) electrons. The first-order valence-electron chi connectivity index (χ1n) is 9.89. The van der Waals surface area contributed by atoms with Crippen molar-refractivity contribution in [3.8, 4) is 11.3 Å². The summed E-state index contributed by atoms with van der Waals surface area (Å²) in [5, 5.41) is 5.43. The van der Waals surface area contributed by atoms with Gasteiger partial charge >= 0.3 is 6.18 Å². The first-order chi connectivity index (χ1) is 15.1. The highest BCUT2D eigenvalue weighted by molar-refractivity contribution is 5.83. The van der Waals surface area contributed by atoms with Gasteiger partial charge in [-0.2, -0.15) is 18.2 Å². The Kier molecular flexibility index (Phi) is 6.92. The molecule has 0 spiro atoms. The number of benzene rings is 1. The lowest BCUT2D eigenvalue weighted by Crippen LogP contribution is -2.40. The van der Waals surface area contributed by atoms with E-state index < -0.39 is 29.5 Å². The fourth-order valence-corrected chi connectivity index (χ4v) is 3.01. The van der Waals surface area contributed by atoms with E-state index in [2.05, 4.69) is 25.6 Å². The van der Waals surface area contributed by atoms with E-state index >= 15 is 0 Å². The van der Waals surface area contributed by atoms with Crippen LogP contribution in [0, 0.1) is 5.92 Å². The van der Waals surface area contributed by atoms with Crippen LogP contribution in [0.2, 0.25) is 0 Å². The minimum Gasteiger partial charge on any atom is -0.368 e. The van der Waals surface area contributed by atoms with E-state index in [4.69, 9.17) is 5.73 Å². The molecular formula is C22H23F3N6O. The van der Waals surface area contributed by atoms with Gasteiger partial charge in [-0.25, -0.2) is 4.98 Å². The maximum Gasteiger partial charge on any atom is 0.421 e. The van der Waals surface area contributed by atoms with Crippen molar-refractivity contribution in [3.05, 3.63) is 66.0 Å². The van der Waals surface area contributed by atoms with Crippen LogP contribution in [0.4, 0.5) is 24.9 Å². The van der Waals surface area contributed by atoms with Crippen molar-refractivity contribution in [1.82, 2.24) is 15.0 Å². The summed E-state index contributed by atoms with van der Waals surface area (Å²) < 4.78 is 40.2. The highest BCUT2D eigenvalue weighted by Crippen LogP contribution is 2.34. The molecule has 32 heavy (non-hydrogen) atoms. The zero-order chi connectivity index (χ0) is 23.3. The van der Waals surface area contributed by atoms with E-state index in [-0.39, 0.29) is 18.4 Å². The molecule has 0 bridgehead atoms. The average Bonchev–Trinajstić information content (AvgIpc) is 2.76. The molecule has 0 saturated heterocycles. The number of halogens is 3. The summed E-state index contributed by atoms with van der Waals surface area (Å²) in [6.45, 7) is 3.63. The molecule has 0 saturated carbocycles. The Balaban J connectivity index is 1.77. The SMILES string of the molecule is CC(C)[C@@H](Nc1nc(NCc2ccc(-c3ccccn3)cc2)ncc1C(F)(F)F)C(N)=O. The predicted molar refractivity (Wildman–Crippen MR) is 115 cm³/mol. The summed E-state index contributed by atoms with van der Waals surface area (Å²) in [5.41, 5.74) is 6.90. The van der Waals surface area contributed by atoms with Crippen LogP contribution in [0.1, 0.15) is 25.0 Å². The van der Waals surface area contributed by atoms with Crippen molar-refractivity contribution < 1.29 is 18.0 Å². The first-order valence-corrected chi connectivity index (χ1v) is 9.89. The summed E-state index contributed by atoms with van der Waals surface area (Å²) in [6.07, 6.45) is -2.30. The van der Waals surface area contributed by atoms with E-state index in [1.165, 1.54) is 0 Å². The van der Waals surface area contributed by atoms with Gasteiger partial charge in [-0.3, -0.25) is 9.78 Å². The maximum absolute atomic E-state index is 13.4.